The molecule has 0 saturated heterocycles. The molecular weight excluding hydrogens is 296 g/mol. The number of fused-ring (bicyclic) bond motifs is 6. The van der Waals surface area contributed by atoms with E-state index in [9.17, 15) is 0 Å². The molecule has 0 saturated carbocycles. The van der Waals surface area contributed by atoms with E-state index in [1.807, 2.05) is 0 Å². The fourth-order valence-corrected chi connectivity index (χ4v) is 3.27. The zero-order valence-corrected chi connectivity index (χ0v) is 11.4. The highest BCUT2D eigenvalue weighted by Crippen LogP contribution is 2.40. The number of furan rings is 4. The molecule has 0 fully saturated rings. The third kappa shape index (κ3) is 1.04. The minimum atomic E-state index is 0.531. The SMILES string of the molecule is S=C1c2oc3ccoc3c2C(=S)c2oc3ccoc3c21. The predicted octanol–water partition coefficient (Wildman–Crippen LogP) is 4.21. The van der Waals surface area contributed by atoms with E-state index in [1.165, 1.54) is 0 Å². The lowest BCUT2D eigenvalue weighted by Gasteiger charge is -2.11. The summed E-state index contributed by atoms with van der Waals surface area (Å²) in [6, 6.07) is 3.48. The van der Waals surface area contributed by atoms with E-state index < -0.39 is 0 Å². The van der Waals surface area contributed by atoms with Gasteiger partial charge in [-0.1, -0.05) is 24.4 Å². The smallest absolute Gasteiger partial charge is 0.181 e. The van der Waals surface area contributed by atoms with Gasteiger partial charge in [0.25, 0.3) is 0 Å². The molecule has 0 aliphatic heterocycles. The molecule has 0 radical (unpaired) electrons. The summed E-state index contributed by atoms with van der Waals surface area (Å²) in [6.07, 6.45) is 3.12. The summed E-state index contributed by atoms with van der Waals surface area (Å²) >= 11 is 11.0. The topological polar surface area (TPSA) is 52.6 Å². The van der Waals surface area contributed by atoms with E-state index in [2.05, 4.69) is 0 Å². The predicted molar refractivity (Wildman–Crippen MR) is 78.6 cm³/mol. The molecule has 0 amide bonds. The fourth-order valence-electron chi connectivity index (χ4n) is 2.61. The van der Waals surface area contributed by atoms with Gasteiger partial charge in [-0.15, -0.1) is 0 Å². The van der Waals surface area contributed by atoms with Crippen molar-refractivity contribution in [2.45, 2.75) is 0 Å². The number of hydrogen-bond acceptors (Lipinski definition) is 6. The number of rotatable bonds is 0. The molecular formula is C14H4O4S2. The Bertz CT molecular complexity index is 955. The van der Waals surface area contributed by atoms with Gasteiger partial charge in [0.2, 0.25) is 0 Å². The zero-order chi connectivity index (χ0) is 13.4. The maximum atomic E-state index is 5.76. The molecule has 1 aliphatic carbocycles. The van der Waals surface area contributed by atoms with Crippen LogP contribution in [0.1, 0.15) is 22.6 Å². The molecule has 0 spiro atoms. The molecule has 6 heteroatoms. The molecule has 96 valence electrons. The monoisotopic (exact) mass is 300 g/mol. The highest BCUT2D eigenvalue weighted by Gasteiger charge is 2.37. The largest absolute Gasteiger partial charge is 0.460 e. The molecule has 4 nitrogen and oxygen atoms in total. The maximum absolute atomic E-state index is 5.76. The molecule has 1 aliphatic rings. The van der Waals surface area contributed by atoms with Crippen molar-refractivity contribution in [3.8, 4) is 0 Å². The minimum absolute atomic E-state index is 0.531. The van der Waals surface area contributed by atoms with E-state index in [0.29, 0.717) is 54.7 Å². The van der Waals surface area contributed by atoms with Crippen molar-refractivity contribution < 1.29 is 17.7 Å². The van der Waals surface area contributed by atoms with Crippen LogP contribution in [0.25, 0.3) is 22.3 Å². The van der Waals surface area contributed by atoms with Crippen molar-refractivity contribution in [1.29, 1.82) is 0 Å². The van der Waals surface area contributed by atoms with E-state index >= 15 is 0 Å². The van der Waals surface area contributed by atoms with Crippen LogP contribution >= 0.6 is 24.4 Å². The highest BCUT2D eigenvalue weighted by atomic mass is 32.1. The summed E-state index contributed by atoms with van der Waals surface area (Å²) in [5, 5.41) is 0. The lowest BCUT2D eigenvalue weighted by atomic mass is 9.96. The zero-order valence-electron chi connectivity index (χ0n) is 9.76. The summed E-state index contributed by atoms with van der Waals surface area (Å²) < 4.78 is 22.4. The van der Waals surface area contributed by atoms with E-state index in [-0.39, 0.29) is 0 Å². The molecule has 0 N–H and O–H groups in total. The molecule has 0 aromatic carbocycles. The average molecular weight is 300 g/mol. The van der Waals surface area contributed by atoms with Crippen LogP contribution < -0.4 is 0 Å². The van der Waals surface area contributed by atoms with Gasteiger partial charge in [-0.25, -0.2) is 0 Å². The maximum Gasteiger partial charge on any atom is 0.181 e. The van der Waals surface area contributed by atoms with Crippen LogP contribution in [0.3, 0.4) is 0 Å². The first-order valence-corrected chi connectivity index (χ1v) is 6.66. The van der Waals surface area contributed by atoms with Crippen molar-refractivity contribution in [3.63, 3.8) is 0 Å². The average Bonchev–Trinajstić information content (AvgIpc) is 3.13. The lowest BCUT2D eigenvalue weighted by molar-refractivity contribution is 0.594. The fraction of sp³-hybridized carbons (Fsp3) is 0. The van der Waals surface area contributed by atoms with Gasteiger partial charge in [-0.2, -0.15) is 0 Å². The summed E-state index contributed by atoms with van der Waals surface area (Å²) in [5.41, 5.74) is 3.83. The Morgan fingerprint density at radius 3 is 1.60 bits per heavy atom. The Hall–Kier alpha value is -2.18. The Morgan fingerprint density at radius 2 is 1.15 bits per heavy atom. The summed E-state index contributed by atoms with van der Waals surface area (Å²) in [4.78, 5) is 1.06. The molecule has 20 heavy (non-hydrogen) atoms. The Morgan fingerprint density at radius 1 is 0.700 bits per heavy atom. The van der Waals surface area contributed by atoms with Crippen molar-refractivity contribution in [2.24, 2.45) is 0 Å². The van der Waals surface area contributed by atoms with Gasteiger partial charge in [0, 0.05) is 12.1 Å². The Kier molecular flexibility index (Phi) is 1.74. The first-order chi connectivity index (χ1) is 9.75. The summed E-state index contributed by atoms with van der Waals surface area (Å²) in [5.74, 6) is 1.09. The second-order valence-electron chi connectivity index (χ2n) is 4.50. The Labute approximate surface area is 121 Å². The van der Waals surface area contributed by atoms with Crippen LogP contribution in [-0.2, 0) is 0 Å². The molecule has 4 aromatic heterocycles. The van der Waals surface area contributed by atoms with Crippen LogP contribution in [0.4, 0.5) is 0 Å². The number of hydrogen-bond donors (Lipinski definition) is 0. The van der Waals surface area contributed by atoms with Crippen LogP contribution in [0.5, 0.6) is 0 Å². The standard InChI is InChI=1S/C14H4O4S2/c19-13-7-9-5(1-3-15-9)17-11(7)14(20)8-10-6(2-4-16-10)18-12(8)13/h1-4H. The van der Waals surface area contributed by atoms with Gasteiger partial charge < -0.3 is 17.7 Å². The first kappa shape index (κ1) is 10.6. The van der Waals surface area contributed by atoms with Gasteiger partial charge in [0.15, 0.2) is 33.9 Å². The lowest BCUT2D eigenvalue weighted by Crippen LogP contribution is -2.16. The van der Waals surface area contributed by atoms with Gasteiger partial charge in [0.05, 0.1) is 33.4 Å². The normalized spacial score (nSPS) is 14.2. The van der Waals surface area contributed by atoms with Crippen LogP contribution in [0.2, 0.25) is 0 Å². The number of thiocarbonyl (C=S) groups is 2. The van der Waals surface area contributed by atoms with Crippen LogP contribution in [0.15, 0.2) is 42.3 Å². The highest BCUT2D eigenvalue weighted by molar-refractivity contribution is 7.82. The van der Waals surface area contributed by atoms with E-state index in [4.69, 9.17) is 42.1 Å². The summed E-state index contributed by atoms with van der Waals surface area (Å²) in [7, 11) is 0. The van der Waals surface area contributed by atoms with Crippen LogP contribution in [0, 0.1) is 0 Å². The molecule has 0 unspecified atom stereocenters. The Balaban J connectivity index is 1.95. The van der Waals surface area contributed by atoms with E-state index in [0.717, 1.165) is 0 Å². The third-order valence-corrected chi connectivity index (χ3v) is 4.24. The molecule has 0 atom stereocenters. The van der Waals surface area contributed by atoms with Crippen molar-refractivity contribution in [2.75, 3.05) is 0 Å². The molecule has 4 aromatic rings. The van der Waals surface area contributed by atoms with Gasteiger partial charge >= 0.3 is 0 Å². The second-order valence-corrected chi connectivity index (χ2v) is 5.32. The van der Waals surface area contributed by atoms with E-state index in [1.54, 1.807) is 24.7 Å². The summed E-state index contributed by atoms with van der Waals surface area (Å²) in [6.45, 7) is 0. The quantitative estimate of drug-likeness (QED) is 0.399. The van der Waals surface area contributed by atoms with Crippen molar-refractivity contribution in [3.05, 3.63) is 47.3 Å². The first-order valence-electron chi connectivity index (χ1n) is 5.85. The van der Waals surface area contributed by atoms with Crippen LogP contribution in [-0.4, -0.2) is 9.73 Å². The molecule has 0 bridgehead atoms. The van der Waals surface area contributed by atoms with Gasteiger partial charge in [-0.05, 0) is 0 Å². The molecule has 5 rings (SSSR count). The second kappa shape index (κ2) is 3.28. The molecule has 4 heterocycles. The van der Waals surface area contributed by atoms with Gasteiger partial charge in [-0.3, -0.25) is 0 Å². The van der Waals surface area contributed by atoms with Gasteiger partial charge in [0.1, 0.15) is 0 Å². The van der Waals surface area contributed by atoms with Crippen molar-refractivity contribution >= 4 is 56.5 Å². The third-order valence-electron chi connectivity index (χ3n) is 3.46. The van der Waals surface area contributed by atoms with Crippen molar-refractivity contribution in [1.82, 2.24) is 0 Å². The minimum Gasteiger partial charge on any atom is -0.460 e.